The third-order valence-electron chi connectivity index (χ3n) is 2.17. The number of carboxylic acid groups (broad SMARTS) is 1. The van der Waals surface area contributed by atoms with Crippen LogP contribution in [0.1, 0.15) is 10.4 Å². The van der Waals surface area contributed by atoms with Crippen LogP contribution in [0.4, 0.5) is 0 Å². The Hall–Kier alpha value is -1.46. The van der Waals surface area contributed by atoms with Gasteiger partial charge in [0.2, 0.25) is 0 Å². The summed E-state index contributed by atoms with van der Waals surface area (Å²) in [5.41, 5.74) is 0.203. The molecule has 18 heavy (non-hydrogen) atoms. The van der Waals surface area contributed by atoms with Crippen molar-refractivity contribution in [3.63, 3.8) is 0 Å². The smallest absolute Gasteiger partial charge is 0.323 e. The van der Waals surface area contributed by atoms with Gasteiger partial charge in [0.25, 0.3) is 5.91 Å². The summed E-state index contributed by atoms with van der Waals surface area (Å²) in [5.74, 6) is -1.31. The van der Waals surface area contributed by atoms with Crippen molar-refractivity contribution < 1.29 is 19.4 Å². The number of hydrogen-bond donors (Lipinski definition) is 1. The molecule has 7 heteroatoms. The maximum atomic E-state index is 11.9. The number of amides is 1. The Morgan fingerprint density at radius 1 is 1.33 bits per heavy atom. The molecule has 1 aromatic carbocycles. The fourth-order valence-corrected chi connectivity index (χ4v) is 2.01. The summed E-state index contributed by atoms with van der Waals surface area (Å²) >= 11 is 11.8. The molecule has 0 bridgehead atoms. The third-order valence-corrected chi connectivity index (χ3v) is 2.73. The Bertz CT molecular complexity index is 467. The zero-order valence-electron chi connectivity index (χ0n) is 9.74. The summed E-state index contributed by atoms with van der Waals surface area (Å²) in [6.07, 6.45) is 0. The number of aliphatic carboxylic acids is 1. The average molecular weight is 292 g/mol. The van der Waals surface area contributed by atoms with Gasteiger partial charge in [-0.25, -0.2) is 0 Å². The molecule has 98 valence electrons. The van der Waals surface area contributed by atoms with Crippen LogP contribution in [-0.4, -0.2) is 42.6 Å². The fraction of sp³-hybridized carbons (Fsp3) is 0.273. The van der Waals surface area contributed by atoms with E-state index in [0.29, 0.717) is 0 Å². The minimum absolute atomic E-state index is 0.192. The number of rotatable bonds is 4. The first-order chi connectivity index (χ1) is 8.36. The Labute approximate surface area is 114 Å². The maximum Gasteiger partial charge on any atom is 0.323 e. The standard InChI is InChI=1S/C11H11Cl2NO4/c1-14(5-9(15)16)11(17)6-3-7(12)10(18-2)8(13)4-6/h3-4H,5H2,1-2H3,(H,15,16). The summed E-state index contributed by atoms with van der Waals surface area (Å²) in [6.45, 7) is -0.403. The van der Waals surface area contributed by atoms with Gasteiger partial charge in [0.15, 0.2) is 5.75 Å². The van der Waals surface area contributed by atoms with Gasteiger partial charge < -0.3 is 14.7 Å². The van der Waals surface area contributed by atoms with Gasteiger partial charge in [-0.15, -0.1) is 0 Å². The quantitative estimate of drug-likeness (QED) is 0.923. The molecule has 0 saturated carbocycles. The van der Waals surface area contributed by atoms with Crippen LogP contribution in [0.5, 0.6) is 5.75 Å². The van der Waals surface area contributed by atoms with Crippen LogP contribution in [0, 0.1) is 0 Å². The first kappa shape index (κ1) is 14.6. The third kappa shape index (κ3) is 3.27. The van der Waals surface area contributed by atoms with Gasteiger partial charge >= 0.3 is 5.97 Å². The lowest BCUT2D eigenvalue weighted by atomic mass is 10.2. The first-order valence-electron chi connectivity index (χ1n) is 4.87. The highest BCUT2D eigenvalue weighted by Gasteiger charge is 2.18. The van der Waals surface area contributed by atoms with E-state index in [0.717, 1.165) is 4.90 Å². The second-order valence-electron chi connectivity index (χ2n) is 3.53. The predicted octanol–water partition coefficient (Wildman–Crippen LogP) is 2.16. The van der Waals surface area contributed by atoms with E-state index >= 15 is 0 Å². The lowest BCUT2D eigenvalue weighted by Crippen LogP contribution is -2.31. The number of carboxylic acids is 1. The monoisotopic (exact) mass is 291 g/mol. The summed E-state index contributed by atoms with van der Waals surface area (Å²) in [5, 5.41) is 8.99. The van der Waals surface area contributed by atoms with Gasteiger partial charge in [-0.2, -0.15) is 0 Å². The number of methoxy groups -OCH3 is 1. The molecule has 0 unspecified atom stereocenters. The van der Waals surface area contributed by atoms with Crippen LogP contribution in [0.15, 0.2) is 12.1 Å². The molecule has 1 rings (SSSR count). The van der Waals surface area contributed by atoms with E-state index in [1.807, 2.05) is 0 Å². The van der Waals surface area contributed by atoms with Crippen LogP contribution >= 0.6 is 23.2 Å². The van der Waals surface area contributed by atoms with Crippen molar-refractivity contribution in [3.8, 4) is 5.75 Å². The zero-order chi connectivity index (χ0) is 13.9. The molecule has 0 saturated heterocycles. The molecule has 0 aliphatic rings. The Balaban J connectivity index is 3.04. The molecular formula is C11H11Cl2NO4. The van der Waals surface area contributed by atoms with Gasteiger partial charge in [0, 0.05) is 12.6 Å². The highest BCUT2D eigenvalue weighted by Crippen LogP contribution is 2.34. The zero-order valence-corrected chi connectivity index (χ0v) is 11.2. The second kappa shape index (κ2) is 5.93. The van der Waals surface area contributed by atoms with Gasteiger partial charge in [-0.05, 0) is 12.1 Å². The van der Waals surface area contributed by atoms with E-state index in [4.69, 9.17) is 33.0 Å². The molecule has 0 atom stereocenters. The van der Waals surface area contributed by atoms with Crippen molar-refractivity contribution in [1.82, 2.24) is 4.90 Å². The number of carbonyl (C=O) groups excluding carboxylic acids is 1. The van der Waals surface area contributed by atoms with E-state index in [9.17, 15) is 9.59 Å². The van der Waals surface area contributed by atoms with Crippen molar-refractivity contribution >= 4 is 35.1 Å². The van der Waals surface area contributed by atoms with Crippen LogP contribution in [0.25, 0.3) is 0 Å². The van der Waals surface area contributed by atoms with E-state index in [-0.39, 0.29) is 21.4 Å². The molecule has 1 N–H and O–H groups in total. The molecule has 5 nitrogen and oxygen atoms in total. The minimum atomic E-state index is -1.10. The van der Waals surface area contributed by atoms with Crippen molar-refractivity contribution in [2.45, 2.75) is 0 Å². The largest absolute Gasteiger partial charge is 0.494 e. The van der Waals surface area contributed by atoms with Crippen molar-refractivity contribution in [2.24, 2.45) is 0 Å². The Morgan fingerprint density at radius 3 is 2.22 bits per heavy atom. The molecule has 0 radical (unpaired) electrons. The highest BCUT2D eigenvalue weighted by molar-refractivity contribution is 6.37. The number of ether oxygens (including phenoxy) is 1. The van der Waals surface area contributed by atoms with E-state index in [1.54, 1.807) is 0 Å². The van der Waals surface area contributed by atoms with Crippen LogP contribution in [0.3, 0.4) is 0 Å². The van der Waals surface area contributed by atoms with Crippen LogP contribution < -0.4 is 4.74 Å². The fourth-order valence-electron chi connectivity index (χ4n) is 1.37. The number of hydrogen-bond acceptors (Lipinski definition) is 3. The summed E-state index contributed by atoms with van der Waals surface area (Å²) in [4.78, 5) is 23.5. The topological polar surface area (TPSA) is 66.8 Å². The SMILES string of the molecule is COc1c(Cl)cc(C(=O)N(C)CC(=O)O)cc1Cl. The average Bonchev–Trinajstić information content (AvgIpc) is 2.26. The molecule has 0 fully saturated rings. The second-order valence-corrected chi connectivity index (χ2v) is 4.34. The number of nitrogens with zero attached hydrogens (tertiary/aromatic N) is 1. The predicted molar refractivity (Wildman–Crippen MR) is 67.6 cm³/mol. The molecule has 0 spiro atoms. The van der Waals surface area contributed by atoms with E-state index in [2.05, 4.69) is 0 Å². The number of halogens is 2. The minimum Gasteiger partial charge on any atom is -0.494 e. The highest BCUT2D eigenvalue weighted by atomic mass is 35.5. The van der Waals surface area contributed by atoms with E-state index in [1.165, 1.54) is 26.3 Å². The number of likely N-dealkylation sites (N-methyl/N-ethyl adjacent to an activating group) is 1. The summed E-state index contributed by atoms with van der Waals surface area (Å²) in [6, 6.07) is 2.76. The van der Waals surface area contributed by atoms with Crippen LogP contribution in [-0.2, 0) is 4.79 Å². The molecule has 0 aliphatic carbocycles. The molecular weight excluding hydrogens is 281 g/mol. The Morgan fingerprint density at radius 2 is 1.83 bits per heavy atom. The van der Waals surface area contributed by atoms with Gasteiger partial charge in [0.1, 0.15) is 6.54 Å². The van der Waals surface area contributed by atoms with Gasteiger partial charge in [-0.1, -0.05) is 23.2 Å². The summed E-state index contributed by atoms with van der Waals surface area (Å²) in [7, 11) is 2.79. The molecule has 0 aliphatic heterocycles. The summed E-state index contributed by atoms with van der Waals surface area (Å²) < 4.78 is 4.95. The van der Waals surface area contributed by atoms with Crippen molar-refractivity contribution in [3.05, 3.63) is 27.7 Å². The molecule has 0 aromatic heterocycles. The number of benzene rings is 1. The van der Waals surface area contributed by atoms with Crippen molar-refractivity contribution in [1.29, 1.82) is 0 Å². The van der Waals surface area contributed by atoms with Gasteiger partial charge in [-0.3, -0.25) is 9.59 Å². The molecule has 1 amide bonds. The maximum absolute atomic E-state index is 11.9. The van der Waals surface area contributed by atoms with E-state index < -0.39 is 18.4 Å². The van der Waals surface area contributed by atoms with Crippen molar-refractivity contribution in [2.75, 3.05) is 20.7 Å². The lowest BCUT2D eigenvalue weighted by molar-refractivity contribution is -0.137. The normalized spacial score (nSPS) is 10.0. The molecule has 1 aromatic rings. The van der Waals surface area contributed by atoms with Gasteiger partial charge in [0.05, 0.1) is 17.2 Å². The Kier molecular flexibility index (Phi) is 4.81. The molecule has 0 heterocycles. The van der Waals surface area contributed by atoms with Crippen LogP contribution in [0.2, 0.25) is 10.0 Å². The lowest BCUT2D eigenvalue weighted by Gasteiger charge is -2.15. The number of carbonyl (C=O) groups is 2. The first-order valence-corrected chi connectivity index (χ1v) is 5.62.